The molecule has 1 aromatic heterocycles. The van der Waals surface area contributed by atoms with Gasteiger partial charge in [-0.25, -0.2) is 9.59 Å². The van der Waals surface area contributed by atoms with E-state index in [9.17, 15) is 14.7 Å². The van der Waals surface area contributed by atoms with Crippen LogP contribution in [0, 0.1) is 3.95 Å². The third-order valence-corrected chi connectivity index (χ3v) is 6.02. The zero-order valence-corrected chi connectivity index (χ0v) is 19.9. The largest absolute Gasteiger partial charge is 0.493 e. The molecule has 0 bridgehead atoms. The Hall–Kier alpha value is -3.30. The Bertz CT molecular complexity index is 1180. The molecule has 0 radical (unpaired) electrons. The molecule has 0 unspecified atom stereocenters. The molecule has 1 N–H and O–H groups in total. The first-order valence-electron chi connectivity index (χ1n) is 10.4. The van der Waals surface area contributed by atoms with Gasteiger partial charge in [0.05, 0.1) is 30.7 Å². The van der Waals surface area contributed by atoms with Crippen LogP contribution in [0.5, 0.6) is 5.88 Å². The summed E-state index contributed by atoms with van der Waals surface area (Å²) in [5, 5.41) is 10.9. The maximum Gasteiger partial charge on any atom is 0.338 e. The van der Waals surface area contributed by atoms with E-state index in [1.165, 1.54) is 10.8 Å². The summed E-state index contributed by atoms with van der Waals surface area (Å²) in [6, 6.07) is 15.3. The summed E-state index contributed by atoms with van der Waals surface area (Å²) in [5.41, 5.74) is 1.93. The summed E-state index contributed by atoms with van der Waals surface area (Å²) in [6.45, 7) is 4.00. The second-order valence-electron chi connectivity index (χ2n) is 6.91. The van der Waals surface area contributed by atoms with E-state index in [-0.39, 0.29) is 12.5 Å². The van der Waals surface area contributed by atoms with Gasteiger partial charge in [-0.2, -0.15) is 0 Å². The Morgan fingerprint density at radius 2 is 1.76 bits per heavy atom. The van der Waals surface area contributed by atoms with Crippen LogP contribution in [0.2, 0.25) is 0 Å². The van der Waals surface area contributed by atoms with Crippen LogP contribution < -0.4 is 0 Å². The standard InChI is InChI=1S/C24H24N2O5S2/c1-3-30-22(28)17-10-12-18(13-11-17)25-15-20-21(27)26(24(32)33-20)19(23(29)31-4-2)14-16-8-6-5-7-9-16/h5-13,15,19,27H,3-4,14H2,1-2H3/t19-/m0/s1. The highest BCUT2D eigenvalue weighted by molar-refractivity contribution is 7.73. The molecule has 33 heavy (non-hydrogen) atoms. The van der Waals surface area contributed by atoms with Gasteiger partial charge in [0.1, 0.15) is 10.9 Å². The maximum absolute atomic E-state index is 12.7. The molecule has 0 fully saturated rings. The molecule has 0 saturated carbocycles. The predicted octanol–water partition coefficient (Wildman–Crippen LogP) is 5.26. The van der Waals surface area contributed by atoms with Crippen molar-refractivity contribution in [2.75, 3.05) is 13.2 Å². The Kier molecular flexibility index (Phi) is 8.51. The molecule has 172 valence electrons. The molecule has 7 nitrogen and oxygen atoms in total. The predicted molar refractivity (Wildman–Crippen MR) is 130 cm³/mol. The van der Waals surface area contributed by atoms with Crippen molar-refractivity contribution < 1.29 is 24.2 Å². The van der Waals surface area contributed by atoms with Gasteiger partial charge >= 0.3 is 11.9 Å². The molecule has 0 aliphatic heterocycles. The van der Waals surface area contributed by atoms with Crippen molar-refractivity contribution in [1.82, 2.24) is 4.57 Å². The third kappa shape index (κ3) is 6.15. The van der Waals surface area contributed by atoms with Gasteiger partial charge < -0.3 is 14.6 Å². The van der Waals surface area contributed by atoms with Gasteiger partial charge in [-0.1, -0.05) is 41.7 Å². The SMILES string of the molecule is CCOC(=O)c1ccc(N=Cc2sc(=S)n([C@@H](Cc3ccccc3)C(=O)OCC)c2O)cc1. The lowest BCUT2D eigenvalue weighted by Crippen LogP contribution is -2.24. The highest BCUT2D eigenvalue weighted by atomic mass is 32.1. The first-order valence-corrected chi connectivity index (χ1v) is 11.6. The summed E-state index contributed by atoms with van der Waals surface area (Å²) >= 11 is 6.60. The van der Waals surface area contributed by atoms with Crippen molar-refractivity contribution in [3.05, 3.63) is 74.6 Å². The molecular weight excluding hydrogens is 460 g/mol. The first kappa shape index (κ1) is 24.3. The van der Waals surface area contributed by atoms with E-state index >= 15 is 0 Å². The van der Waals surface area contributed by atoms with Crippen molar-refractivity contribution in [3.8, 4) is 5.88 Å². The molecule has 2 aromatic carbocycles. The van der Waals surface area contributed by atoms with Crippen LogP contribution in [0.15, 0.2) is 59.6 Å². The number of thiazole rings is 1. The fraction of sp³-hybridized carbons (Fsp3) is 0.250. The second kappa shape index (κ2) is 11.5. The molecule has 1 heterocycles. The van der Waals surface area contributed by atoms with Crippen molar-refractivity contribution in [1.29, 1.82) is 0 Å². The van der Waals surface area contributed by atoms with E-state index in [0.717, 1.165) is 16.9 Å². The minimum absolute atomic E-state index is 0.147. The van der Waals surface area contributed by atoms with Gasteiger partial charge in [0.15, 0.2) is 3.95 Å². The number of benzene rings is 2. The van der Waals surface area contributed by atoms with Crippen LogP contribution in [0.4, 0.5) is 5.69 Å². The van der Waals surface area contributed by atoms with Gasteiger partial charge in [0.25, 0.3) is 0 Å². The van der Waals surface area contributed by atoms with Gasteiger partial charge in [-0.05, 0) is 55.9 Å². The molecule has 0 saturated heterocycles. The van der Waals surface area contributed by atoms with Crippen LogP contribution in [0.25, 0.3) is 0 Å². The number of carbonyl (C=O) groups is 2. The molecule has 0 spiro atoms. The van der Waals surface area contributed by atoms with E-state index in [4.69, 9.17) is 21.7 Å². The maximum atomic E-state index is 12.7. The number of hydrogen-bond donors (Lipinski definition) is 1. The lowest BCUT2D eigenvalue weighted by Gasteiger charge is -2.18. The molecule has 1 atom stereocenters. The Morgan fingerprint density at radius 1 is 1.09 bits per heavy atom. The van der Waals surface area contributed by atoms with Crippen LogP contribution in [0.1, 0.15) is 40.7 Å². The molecule has 0 amide bonds. The number of rotatable bonds is 9. The number of aromatic nitrogens is 1. The van der Waals surface area contributed by atoms with Crippen LogP contribution in [-0.4, -0.2) is 41.0 Å². The molecule has 0 aliphatic carbocycles. The van der Waals surface area contributed by atoms with E-state index < -0.39 is 18.0 Å². The summed E-state index contributed by atoms with van der Waals surface area (Å²) in [5.74, 6) is -1.02. The van der Waals surface area contributed by atoms with Crippen molar-refractivity contribution in [2.45, 2.75) is 26.3 Å². The first-order chi connectivity index (χ1) is 15.9. The fourth-order valence-corrected chi connectivity index (χ4v) is 4.42. The average molecular weight is 485 g/mol. The van der Waals surface area contributed by atoms with Crippen LogP contribution in [-0.2, 0) is 20.7 Å². The number of aromatic hydroxyl groups is 1. The quantitative estimate of drug-likeness (QED) is 0.253. The lowest BCUT2D eigenvalue weighted by atomic mass is 10.1. The highest BCUT2D eigenvalue weighted by Gasteiger charge is 2.27. The molecule has 0 aliphatic rings. The van der Waals surface area contributed by atoms with Gasteiger partial charge in [-0.3, -0.25) is 9.56 Å². The average Bonchev–Trinajstić information content (AvgIpc) is 3.10. The Labute approximate surface area is 200 Å². The van der Waals surface area contributed by atoms with E-state index in [0.29, 0.717) is 33.1 Å². The number of hydrogen-bond acceptors (Lipinski definition) is 8. The van der Waals surface area contributed by atoms with Gasteiger partial charge in [-0.15, -0.1) is 0 Å². The highest BCUT2D eigenvalue weighted by Crippen LogP contribution is 2.31. The minimum Gasteiger partial charge on any atom is -0.493 e. The van der Waals surface area contributed by atoms with Gasteiger partial charge in [0, 0.05) is 6.42 Å². The van der Waals surface area contributed by atoms with Crippen LogP contribution in [0.3, 0.4) is 0 Å². The second-order valence-corrected chi connectivity index (χ2v) is 8.58. The number of nitrogens with zero attached hydrogens (tertiary/aromatic N) is 2. The number of aliphatic imine (C=N–C) groups is 1. The third-order valence-electron chi connectivity index (χ3n) is 4.69. The number of carbonyl (C=O) groups excluding carboxylic acids is 2. The zero-order valence-electron chi connectivity index (χ0n) is 18.3. The summed E-state index contributed by atoms with van der Waals surface area (Å²) in [6.07, 6.45) is 1.81. The normalized spacial score (nSPS) is 11.9. The summed E-state index contributed by atoms with van der Waals surface area (Å²) < 4.78 is 12.0. The molecule has 3 rings (SSSR count). The number of ether oxygens (including phenoxy) is 2. The number of esters is 2. The van der Waals surface area contributed by atoms with E-state index in [2.05, 4.69) is 4.99 Å². The minimum atomic E-state index is -0.804. The molecule has 9 heteroatoms. The van der Waals surface area contributed by atoms with Gasteiger partial charge in [0.2, 0.25) is 5.88 Å². The van der Waals surface area contributed by atoms with Crippen molar-refractivity contribution >= 4 is 47.4 Å². The van der Waals surface area contributed by atoms with Crippen molar-refractivity contribution in [3.63, 3.8) is 0 Å². The van der Waals surface area contributed by atoms with Crippen LogP contribution >= 0.6 is 23.6 Å². The summed E-state index contributed by atoms with van der Waals surface area (Å²) in [4.78, 5) is 29.3. The lowest BCUT2D eigenvalue weighted by molar-refractivity contribution is -0.147. The zero-order chi connectivity index (χ0) is 23.8. The topological polar surface area (TPSA) is 90.1 Å². The fourth-order valence-electron chi connectivity index (χ4n) is 3.14. The smallest absolute Gasteiger partial charge is 0.338 e. The Balaban J connectivity index is 1.87. The molecular formula is C24H24N2O5S2. The van der Waals surface area contributed by atoms with E-state index in [1.54, 1.807) is 38.1 Å². The monoisotopic (exact) mass is 484 g/mol. The van der Waals surface area contributed by atoms with Crippen molar-refractivity contribution in [2.24, 2.45) is 4.99 Å². The Morgan fingerprint density at radius 3 is 2.39 bits per heavy atom. The summed E-state index contributed by atoms with van der Waals surface area (Å²) in [7, 11) is 0. The molecule has 3 aromatic rings. The van der Waals surface area contributed by atoms with E-state index in [1.807, 2.05) is 30.3 Å².